The first-order chi connectivity index (χ1) is 23.4. The summed E-state index contributed by atoms with van der Waals surface area (Å²) < 4.78 is 21.3. The number of aromatic carboxylic acids is 1. The standard InChI is InChI=1S/C35H38FN7O3S2.2H3N/c1-3-4-6-12-24-16-17-27(25(36)22-24)46-20-11-15-29-31(33(44)45)39-35(48-29)43(19-10-5-9-18-37)30-21-23(2)32(42-41-30)40-34-38-26-13-7-8-14-28(26)47-34;;/h7-8,13-14,16-17,21-22H,3-5,9-11,15,18-20,37H2,1-2H3,(H,44,45)(H,38,40,42);2*1H3/p+1. The van der Waals surface area contributed by atoms with E-state index >= 15 is 0 Å². The minimum absolute atomic E-state index is 0. The van der Waals surface area contributed by atoms with Crippen LogP contribution >= 0.6 is 22.7 Å². The molecule has 12 nitrogen and oxygen atoms in total. The number of hydrogen-bond donors (Lipinski definition) is 5. The number of fused-ring (bicyclic) bond motifs is 1. The molecule has 0 aliphatic rings. The number of carboxylic acids is 1. The Hall–Kier alpha value is -4.72. The average molecular weight is 723 g/mol. The largest absolute Gasteiger partial charge is 0.491 e. The molecule has 0 atom stereocenters. The number of hydrogen-bond acceptors (Lipinski definition) is 12. The maximum absolute atomic E-state index is 14.6. The number of nitrogens with one attached hydrogen (secondary N) is 1. The number of para-hydroxylation sites is 1. The van der Waals surface area contributed by atoms with Gasteiger partial charge in [0.2, 0.25) is 0 Å². The molecule has 0 unspecified atom stereocenters. The van der Waals surface area contributed by atoms with Crippen molar-refractivity contribution in [2.75, 3.05) is 29.9 Å². The highest BCUT2D eigenvalue weighted by Crippen LogP contribution is 2.34. The van der Waals surface area contributed by atoms with Crippen LogP contribution in [0.5, 0.6) is 5.75 Å². The second-order valence-corrected chi connectivity index (χ2v) is 13.2. The molecule has 0 aliphatic heterocycles. The van der Waals surface area contributed by atoms with Crippen LogP contribution in [0.4, 0.5) is 26.3 Å². The number of unbranched alkanes of at least 4 members (excludes halogenated alkanes) is 3. The van der Waals surface area contributed by atoms with Gasteiger partial charge >= 0.3 is 5.97 Å². The van der Waals surface area contributed by atoms with E-state index in [9.17, 15) is 14.3 Å². The summed E-state index contributed by atoms with van der Waals surface area (Å²) in [5.74, 6) is 5.65. The van der Waals surface area contributed by atoms with Gasteiger partial charge in [-0.25, -0.2) is 19.2 Å². The quantitative estimate of drug-likeness (QED) is 0.0482. The maximum Gasteiger partial charge on any atom is 0.355 e. The van der Waals surface area contributed by atoms with E-state index < -0.39 is 11.8 Å². The highest BCUT2D eigenvalue weighted by molar-refractivity contribution is 7.22. The molecule has 11 N–H and O–H groups in total. The van der Waals surface area contributed by atoms with Gasteiger partial charge in [0.1, 0.15) is 0 Å². The van der Waals surface area contributed by atoms with Gasteiger partial charge in [0.05, 0.1) is 16.8 Å². The fraction of sp³-hybridized carbons (Fsp3) is 0.343. The zero-order chi connectivity index (χ0) is 33.9. The zero-order valence-electron chi connectivity index (χ0n) is 28.7. The average Bonchev–Trinajstić information content (AvgIpc) is 3.69. The monoisotopic (exact) mass is 722 g/mol. The molecule has 0 bridgehead atoms. The number of nitrogens with zero attached hydrogens (tertiary/aromatic N) is 5. The first-order valence-electron chi connectivity index (χ1n) is 15.9. The van der Waals surface area contributed by atoms with Gasteiger partial charge in [-0.1, -0.05) is 48.7 Å². The van der Waals surface area contributed by atoms with Crippen molar-refractivity contribution in [3.05, 3.63) is 76.0 Å². The summed E-state index contributed by atoms with van der Waals surface area (Å²) in [5.41, 5.74) is 8.07. The Morgan fingerprint density at radius 1 is 1.08 bits per heavy atom. The van der Waals surface area contributed by atoms with E-state index in [2.05, 4.69) is 37.3 Å². The fourth-order valence-corrected chi connectivity index (χ4v) is 6.84. The van der Waals surface area contributed by atoms with E-state index in [0.29, 0.717) is 53.1 Å². The summed E-state index contributed by atoms with van der Waals surface area (Å²) in [6, 6.07) is 14.5. The Morgan fingerprint density at radius 3 is 2.62 bits per heavy atom. The Morgan fingerprint density at radius 2 is 1.90 bits per heavy atom. The highest BCUT2D eigenvalue weighted by atomic mass is 32.1. The van der Waals surface area contributed by atoms with Crippen LogP contribution in [-0.4, -0.2) is 50.9 Å². The summed E-state index contributed by atoms with van der Waals surface area (Å²) >= 11 is 2.84. The third-order valence-electron chi connectivity index (χ3n) is 7.32. The Kier molecular flexibility index (Phi) is 15.5. The number of ether oxygens (including phenoxy) is 1. The third-order valence-corrected chi connectivity index (χ3v) is 9.41. The van der Waals surface area contributed by atoms with Gasteiger partial charge in [-0.2, -0.15) is 0 Å². The number of anilines is 4. The third kappa shape index (κ3) is 10.4. The van der Waals surface area contributed by atoms with Gasteiger partial charge in [0, 0.05) is 23.4 Å². The zero-order valence-corrected chi connectivity index (χ0v) is 30.3. The van der Waals surface area contributed by atoms with Gasteiger partial charge < -0.3 is 38.1 Å². The number of aryl methyl sites for hydroxylation is 2. The van der Waals surface area contributed by atoms with E-state index in [4.69, 9.17) is 10.5 Å². The summed E-state index contributed by atoms with van der Waals surface area (Å²) in [7, 11) is 0. The molecule has 0 amide bonds. The van der Waals surface area contributed by atoms with E-state index in [1.807, 2.05) is 49.1 Å². The van der Waals surface area contributed by atoms with Crippen molar-refractivity contribution < 1.29 is 19.0 Å². The molecule has 0 radical (unpaired) electrons. The number of carboxylic acid groups (broad SMARTS) is 1. The highest BCUT2D eigenvalue weighted by Gasteiger charge is 2.23. The van der Waals surface area contributed by atoms with Crippen LogP contribution < -0.4 is 33.0 Å². The van der Waals surface area contributed by atoms with Crippen molar-refractivity contribution >= 4 is 60.8 Å². The van der Waals surface area contributed by atoms with Gasteiger partial charge in [-0.15, -0.1) is 21.5 Å². The van der Waals surface area contributed by atoms with Crippen molar-refractivity contribution in [2.45, 2.75) is 58.8 Å². The summed E-state index contributed by atoms with van der Waals surface area (Å²) in [6.45, 7) is 5.34. The van der Waals surface area contributed by atoms with Crippen LogP contribution in [0.15, 0.2) is 48.5 Å². The van der Waals surface area contributed by atoms with Gasteiger partial charge in [-0.3, -0.25) is 0 Å². The lowest BCUT2D eigenvalue weighted by atomic mass is 10.2. The molecule has 3 aromatic heterocycles. The molecule has 266 valence electrons. The van der Waals surface area contributed by atoms with Crippen LogP contribution in [0, 0.1) is 24.6 Å². The number of carbonyl (C=O) groups is 1. The van der Waals surface area contributed by atoms with Crippen molar-refractivity contribution in [3.8, 4) is 17.6 Å². The second kappa shape index (κ2) is 19.5. The van der Waals surface area contributed by atoms with Crippen LogP contribution in [0.2, 0.25) is 0 Å². The smallest absolute Gasteiger partial charge is 0.355 e. The molecule has 0 saturated carbocycles. The molecule has 50 heavy (non-hydrogen) atoms. The number of quaternary nitrogens is 1. The number of thiazole rings is 2. The Bertz CT molecular complexity index is 1890. The molecule has 3 heterocycles. The molecule has 15 heteroatoms. The summed E-state index contributed by atoms with van der Waals surface area (Å²) in [6.07, 6.45) is 5.16. The number of rotatable bonds is 16. The van der Waals surface area contributed by atoms with Crippen LogP contribution in [0.3, 0.4) is 0 Å². The Balaban J connectivity index is 0.00000338. The molecular formula is C35H45FN9O3S2+. The number of aromatic nitrogens is 4. The lowest BCUT2D eigenvalue weighted by molar-refractivity contribution is 0.0690. The van der Waals surface area contributed by atoms with Crippen molar-refractivity contribution in [1.82, 2.24) is 32.5 Å². The predicted octanol–water partition coefficient (Wildman–Crippen LogP) is 8.40. The molecule has 0 spiro atoms. The lowest BCUT2D eigenvalue weighted by Gasteiger charge is -2.21. The van der Waals surface area contributed by atoms with Crippen molar-refractivity contribution in [1.29, 1.82) is 0 Å². The molecular weight excluding hydrogens is 678 g/mol. The maximum atomic E-state index is 14.6. The second-order valence-electron chi connectivity index (χ2n) is 11.1. The predicted molar refractivity (Wildman–Crippen MR) is 202 cm³/mol. The molecule has 0 saturated heterocycles. The van der Waals surface area contributed by atoms with E-state index in [1.165, 1.54) is 28.7 Å². The molecule has 5 aromatic rings. The van der Waals surface area contributed by atoms with E-state index in [0.717, 1.165) is 53.0 Å². The Labute approximate surface area is 299 Å². The SMILES string of the molecule is CCCC#Cc1ccc(OCCCc2sc(N(CCCCCN)c3cc(C)c(Nc4nc5ccccc5s4)nn3)nc2C(=O)O)c(F)c1.N.[NH4+]. The number of nitrogens with two attached hydrogens (primary N) is 1. The topological polar surface area (TPSA) is 211 Å². The van der Waals surface area contributed by atoms with Gasteiger partial charge in [-0.05, 0) is 87.5 Å². The van der Waals surface area contributed by atoms with E-state index in [-0.39, 0.29) is 30.4 Å². The lowest BCUT2D eigenvalue weighted by Crippen LogP contribution is -2.21. The van der Waals surface area contributed by atoms with Crippen molar-refractivity contribution in [2.24, 2.45) is 5.73 Å². The number of benzene rings is 2. The van der Waals surface area contributed by atoms with Crippen LogP contribution in [-0.2, 0) is 6.42 Å². The fourth-order valence-electron chi connectivity index (χ4n) is 4.84. The minimum atomic E-state index is -1.11. The molecule has 5 rings (SSSR count). The minimum Gasteiger partial charge on any atom is -0.491 e. The van der Waals surface area contributed by atoms with E-state index in [1.54, 1.807) is 12.1 Å². The van der Waals surface area contributed by atoms with Crippen LogP contribution in [0.25, 0.3) is 10.2 Å². The van der Waals surface area contributed by atoms with Gasteiger partial charge in [0.25, 0.3) is 0 Å². The molecule has 2 aromatic carbocycles. The first kappa shape index (κ1) is 39.7. The molecule has 0 aliphatic carbocycles. The van der Waals surface area contributed by atoms with Crippen LogP contribution in [0.1, 0.15) is 71.9 Å². The summed E-state index contributed by atoms with van der Waals surface area (Å²) in [4.78, 5) is 23.9. The normalized spacial score (nSPS) is 10.5. The first-order valence-corrected chi connectivity index (χ1v) is 17.6. The molecule has 0 fully saturated rings. The summed E-state index contributed by atoms with van der Waals surface area (Å²) in [5, 5.41) is 23.5. The van der Waals surface area contributed by atoms with Crippen molar-refractivity contribution in [3.63, 3.8) is 0 Å². The number of halogens is 1. The van der Waals surface area contributed by atoms with Gasteiger partial charge in [0.15, 0.2) is 39.2 Å².